The zero-order valence-electron chi connectivity index (χ0n) is 10.4. The Morgan fingerprint density at radius 1 is 0.900 bits per heavy atom. The highest BCUT2D eigenvalue weighted by atomic mass is 35.5. The average Bonchev–Trinajstić information content (AvgIpc) is 2.42. The van der Waals surface area contributed by atoms with Crippen LogP contribution >= 0.6 is 23.8 Å². The van der Waals surface area contributed by atoms with Gasteiger partial charge in [-0.15, -0.1) is 0 Å². The number of halogens is 1. The molecule has 0 unspecified atom stereocenters. The maximum Gasteiger partial charge on any atom is 0.325 e. The van der Waals surface area contributed by atoms with E-state index in [0.717, 1.165) is 5.69 Å². The molecule has 0 aliphatic carbocycles. The maximum absolute atomic E-state index is 11.7. The van der Waals surface area contributed by atoms with Gasteiger partial charge in [0.25, 0.3) is 0 Å². The van der Waals surface area contributed by atoms with Crippen molar-refractivity contribution in [2.75, 3.05) is 10.6 Å². The largest absolute Gasteiger partial charge is 0.332 e. The summed E-state index contributed by atoms with van der Waals surface area (Å²) in [6.45, 7) is 0. The number of rotatable bonds is 2. The first-order valence-corrected chi connectivity index (χ1v) is 6.62. The molecule has 6 heteroatoms. The molecule has 0 saturated heterocycles. The number of urea groups is 1. The molecular weight excluding hydrogens is 294 g/mol. The first-order valence-electron chi connectivity index (χ1n) is 5.83. The smallest absolute Gasteiger partial charge is 0.325 e. The predicted octanol–water partition coefficient (Wildman–Crippen LogP) is 3.86. The third-order valence-corrected chi connectivity index (χ3v) is 2.82. The van der Waals surface area contributed by atoms with Crippen molar-refractivity contribution in [3.05, 3.63) is 59.6 Å². The minimum Gasteiger partial charge on any atom is -0.332 e. The van der Waals surface area contributed by atoms with Crippen LogP contribution in [0, 0.1) is 0 Å². The van der Waals surface area contributed by atoms with Crippen LogP contribution in [0.4, 0.5) is 16.2 Å². The van der Waals surface area contributed by atoms with Crippen LogP contribution < -0.4 is 16.0 Å². The summed E-state index contributed by atoms with van der Waals surface area (Å²) in [7, 11) is 0. The Kier molecular flexibility index (Phi) is 4.92. The highest BCUT2D eigenvalue weighted by molar-refractivity contribution is 7.80. The minimum absolute atomic E-state index is 0.209. The number of nitrogens with one attached hydrogen (secondary N) is 3. The summed E-state index contributed by atoms with van der Waals surface area (Å²) in [5, 5.41) is 8.93. The standard InChI is InChI=1S/C14H12ClN3OS/c15-10-6-8-12(9-7-10)17-14(20)18-13(19)16-11-4-2-1-3-5-11/h1-9H,(H3,16,17,18,19,20). The van der Waals surface area contributed by atoms with Gasteiger partial charge in [0.1, 0.15) is 0 Å². The molecular formula is C14H12ClN3OS. The van der Waals surface area contributed by atoms with E-state index >= 15 is 0 Å². The SMILES string of the molecule is O=C(NC(=S)Nc1ccc(Cl)cc1)Nc1ccccc1. The van der Waals surface area contributed by atoms with Crippen LogP contribution in [0.1, 0.15) is 0 Å². The predicted molar refractivity (Wildman–Crippen MR) is 86.3 cm³/mol. The Morgan fingerprint density at radius 3 is 2.15 bits per heavy atom. The molecule has 0 aliphatic rings. The second kappa shape index (κ2) is 6.88. The molecule has 2 amide bonds. The highest BCUT2D eigenvalue weighted by Crippen LogP contribution is 2.13. The third kappa shape index (κ3) is 4.53. The number of carbonyl (C=O) groups excluding carboxylic acids is 1. The van der Waals surface area contributed by atoms with Crippen LogP contribution in [0.15, 0.2) is 54.6 Å². The summed E-state index contributed by atoms with van der Waals surface area (Å²) in [4.78, 5) is 11.7. The quantitative estimate of drug-likeness (QED) is 0.739. The fourth-order valence-corrected chi connectivity index (χ4v) is 1.82. The Morgan fingerprint density at radius 2 is 1.50 bits per heavy atom. The Hall–Kier alpha value is -2.11. The minimum atomic E-state index is -0.400. The van der Waals surface area contributed by atoms with Gasteiger partial charge in [0.2, 0.25) is 0 Å². The van der Waals surface area contributed by atoms with E-state index < -0.39 is 6.03 Å². The Balaban J connectivity index is 1.85. The summed E-state index contributed by atoms with van der Waals surface area (Å²) in [5.41, 5.74) is 1.44. The van der Waals surface area contributed by atoms with E-state index in [0.29, 0.717) is 10.7 Å². The summed E-state index contributed by atoms with van der Waals surface area (Å²) in [5.74, 6) is 0. The number of para-hydroxylation sites is 1. The van der Waals surface area contributed by atoms with Crippen molar-refractivity contribution in [3.63, 3.8) is 0 Å². The van der Waals surface area contributed by atoms with Crippen LogP contribution in [0.3, 0.4) is 0 Å². The number of carbonyl (C=O) groups is 1. The van der Waals surface area contributed by atoms with Crippen molar-refractivity contribution in [3.8, 4) is 0 Å². The second-order valence-electron chi connectivity index (χ2n) is 3.91. The Bertz CT molecular complexity index is 602. The van der Waals surface area contributed by atoms with Gasteiger partial charge in [0.15, 0.2) is 5.11 Å². The molecule has 102 valence electrons. The fourth-order valence-electron chi connectivity index (χ4n) is 1.48. The molecule has 3 N–H and O–H groups in total. The lowest BCUT2D eigenvalue weighted by Gasteiger charge is -2.10. The topological polar surface area (TPSA) is 53.2 Å². The molecule has 0 spiro atoms. The van der Waals surface area contributed by atoms with E-state index in [1.165, 1.54) is 0 Å². The van der Waals surface area contributed by atoms with Crippen molar-refractivity contribution in [2.24, 2.45) is 0 Å². The molecule has 0 bridgehead atoms. The third-order valence-electron chi connectivity index (χ3n) is 2.36. The molecule has 0 aliphatic heterocycles. The van der Waals surface area contributed by atoms with Gasteiger partial charge >= 0.3 is 6.03 Å². The number of anilines is 2. The fraction of sp³-hybridized carbons (Fsp3) is 0. The molecule has 4 nitrogen and oxygen atoms in total. The summed E-state index contributed by atoms with van der Waals surface area (Å²) in [6.07, 6.45) is 0. The van der Waals surface area contributed by atoms with Crippen LogP contribution in [-0.4, -0.2) is 11.1 Å². The molecule has 0 saturated carbocycles. The van der Waals surface area contributed by atoms with E-state index in [-0.39, 0.29) is 5.11 Å². The number of hydrogen-bond acceptors (Lipinski definition) is 2. The first kappa shape index (κ1) is 14.3. The normalized spacial score (nSPS) is 9.65. The zero-order valence-corrected chi connectivity index (χ0v) is 12.0. The molecule has 0 fully saturated rings. The van der Waals surface area contributed by atoms with Crippen molar-refractivity contribution in [2.45, 2.75) is 0 Å². The van der Waals surface area contributed by atoms with Crippen LogP contribution in [0.5, 0.6) is 0 Å². The highest BCUT2D eigenvalue weighted by Gasteiger charge is 2.04. The van der Waals surface area contributed by atoms with Crippen molar-refractivity contribution >= 4 is 46.3 Å². The lowest BCUT2D eigenvalue weighted by molar-refractivity contribution is 0.256. The molecule has 0 radical (unpaired) electrons. The van der Waals surface area contributed by atoms with E-state index in [2.05, 4.69) is 16.0 Å². The monoisotopic (exact) mass is 305 g/mol. The number of thiocarbonyl (C=S) groups is 1. The number of hydrogen-bond donors (Lipinski definition) is 3. The molecule has 0 atom stereocenters. The second-order valence-corrected chi connectivity index (χ2v) is 4.75. The lowest BCUT2D eigenvalue weighted by atomic mass is 10.3. The van der Waals surface area contributed by atoms with Crippen LogP contribution in [-0.2, 0) is 0 Å². The van der Waals surface area contributed by atoms with Gasteiger partial charge in [0, 0.05) is 16.4 Å². The van der Waals surface area contributed by atoms with Gasteiger partial charge < -0.3 is 10.6 Å². The molecule has 2 aromatic carbocycles. The zero-order chi connectivity index (χ0) is 14.4. The summed E-state index contributed by atoms with van der Waals surface area (Å²) < 4.78 is 0. The number of benzene rings is 2. The van der Waals surface area contributed by atoms with Crippen LogP contribution in [0.2, 0.25) is 5.02 Å². The first-order chi connectivity index (χ1) is 9.63. The van der Waals surface area contributed by atoms with Gasteiger partial charge in [-0.1, -0.05) is 29.8 Å². The number of amides is 2. The summed E-state index contributed by atoms with van der Waals surface area (Å²) in [6, 6.07) is 15.7. The van der Waals surface area contributed by atoms with Gasteiger partial charge in [-0.25, -0.2) is 4.79 Å². The van der Waals surface area contributed by atoms with E-state index in [4.69, 9.17) is 23.8 Å². The van der Waals surface area contributed by atoms with Crippen LogP contribution in [0.25, 0.3) is 0 Å². The van der Waals surface area contributed by atoms with Gasteiger partial charge in [0.05, 0.1) is 0 Å². The molecule has 2 aromatic rings. The molecule has 0 aromatic heterocycles. The van der Waals surface area contributed by atoms with E-state index in [1.807, 2.05) is 18.2 Å². The van der Waals surface area contributed by atoms with E-state index in [9.17, 15) is 4.79 Å². The molecule has 20 heavy (non-hydrogen) atoms. The lowest BCUT2D eigenvalue weighted by Crippen LogP contribution is -2.37. The average molecular weight is 306 g/mol. The van der Waals surface area contributed by atoms with Crippen molar-refractivity contribution in [1.29, 1.82) is 0 Å². The van der Waals surface area contributed by atoms with E-state index in [1.54, 1.807) is 36.4 Å². The van der Waals surface area contributed by atoms with Crippen molar-refractivity contribution in [1.82, 2.24) is 5.32 Å². The van der Waals surface area contributed by atoms with Gasteiger partial charge in [-0.05, 0) is 48.6 Å². The molecule has 2 rings (SSSR count). The van der Waals surface area contributed by atoms with Crippen molar-refractivity contribution < 1.29 is 4.79 Å². The van der Waals surface area contributed by atoms with Gasteiger partial charge in [-0.3, -0.25) is 5.32 Å². The Labute approximate surface area is 127 Å². The van der Waals surface area contributed by atoms with Gasteiger partial charge in [-0.2, -0.15) is 0 Å². The summed E-state index contributed by atoms with van der Waals surface area (Å²) >= 11 is 10.8. The maximum atomic E-state index is 11.7. The molecule has 0 heterocycles.